The fourth-order valence-corrected chi connectivity index (χ4v) is 4.15. The molecule has 0 spiro atoms. The molecular formula is C15H24N2O2S. The van der Waals surface area contributed by atoms with Crippen LogP contribution in [0.25, 0.3) is 0 Å². The van der Waals surface area contributed by atoms with Gasteiger partial charge >= 0.3 is 5.97 Å². The lowest BCUT2D eigenvalue weighted by Gasteiger charge is -2.42. The van der Waals surface area contributed by atoms with Gasteiger partial charge in [-0.25, -0.2) is 0 Å². The van der Waals surface area contributed by atoms with E-state index < -0.39 is 0 Å². The lowest BCUT2D eigenvalue weighted by Crippen LogP contribution is -2.49. The van der Waals surface area contributed by atoms with Gasteiger partial charge in [-0.2, -0.15) is 0 Å². The van der Waals surface area contributed by atoms with Crippen molar-refractivity contribution in [1.29, 1.82) is 0 Å². The maximum Gasteiger partial charge on any atom is 0.313 e. The Kier molecular flexibility index (Phi) is 3.89. The molecule has 0 amide bonds. The summed E-state index contributed by atoms with van der Waals surface area (Å²) in [6.07, 6.45) is 6.83. The Morgan fingerprint density at radius 1 is 1.40 bits per heavy atom. The zero-order chi connectivity index (χ0) is 14.2. The molecule has 2 heterocycles. The van der Waals surface area contributed by atoms with Crippen molar-refractivity contribution in [2.24, 2.45) is 5.41 Å². The second-order valence-electron chi connectivity index (χ2n) is 6.36. The van der Waals surface area contributed by atoms with Crippen LogP contribution in [0.15, 0.2) is 0 Å². The van der Waals surface area contributed by atoms with Crippen LogP contribution in [0.4, 0.5) is 0 Å². The Morgan fingerprint density at radius 3 is 2.80 bits per heavy atom. The predicted molar refractivity (Wildman–Crippen MR) is 81.4 cm³/mol. The number of carbonyl (C=O) groups is 1. The van der Waals surface area contributed by atoms with Gasteiger partial charge in [0.2, 0.25) is 0 Å². The number of carbonyl (C=O) groups excluding carboxylic acids is 1. The molecular weight excluding hydrogens is 272 g/mol. The SMILES string of the molecule is CCOC(=O)C1(CN2CC3CCCCN3C2=S)CCC1. The van der Waals surface area contributed by atoms with Crippen LogP contribution in [0.3, 0.4) is 0 Å². The first kappa shape index (κ1) is 14.1. The van der Waals surface area contributed by atoms with Crippen LogP contribution >= 0.6 is 12.2 Å². The zero-order valence-corrected chi connectivity index (χ0v) is 13.1. The lowest BCUT2D eigenvalue weighted by atomic mass is 9.68. The van der Waals surface area contributed by atoms with Crippen LogP contribution in [0.2, 0.25) is 0 Å². The third kappa shape index (κ3) is 2.30. The Balaban J connectivity index is 1.67. The maximum atomic E-state index is 12.3. The molecule has 3 fully saturated rings. The van der Waals surface area contributed by atoms with Crippen LogP contribution in [0.1, 0.15) is 45.4 Å². The van der Waals surface area contributed by atoms with E-state index in [9.17, 15) is 4.79 Å². The highest BCUT2D eigenvalue weighted by atomic mass is 32.1. The standard InChI is InChI=1S/C15H24N2O2S/c1-2-19-13(18)15(7-5-8-15)11-16-10-12-6-3-4-9-17(12)14(16)20/h12H,2-11H2,1H3. The van der Waals surface area contributed by atoms with Crippen LogP contribution in [0.5, 0.6) is 0 Å². The number of esters is 1. The van der Waals surface area contributed by atoms with Gasteiger partial charge in [0.25, 0.3) is 0 Å². The summed E-state index contributed by atoms with van der Waals surface area (Å²) in [6, 6.07) is 0.579. The molecule has 1 saturated carbocycles. The largest absolute Gasteiger partial charge is 0.466 e. The fraction of sp³-hybridized carbons (Fsp3) is 0.867. The highest BCUT2D eigenvalue weighted by Gasteiger charge is 2.49. The molecule has 4 nitrogen and oxygen atoms in total. The summed E-state index contributed by atoms with van der Waals surface area (Å²) in [7, 11) is 0. The van der Waals surface area contributed by atoms with E-state index in [1.165, 1.54) is 19.3 Å². The minimum absolute atomic E-state index is 0.0149. The lowest BCUT2D eigenvalue weighted by molar-refractivity contribution is -0.162. The fourth-order valence-electron chi connectivity index (χ4n) is 3.77. The molecule has 112 valence electrons. The monoisotopic (exact) mass is 296 g/mol. The number of piperidine rings is 1. The Morgan fingerprint density at radius 2 is 2.20 bits per heavy atom. The maximum absolute atomic E-state index is 12.3. The molecule has 0 N–H and O–H groups in total. The molecule has 0 radical (unpaired) electrons. The van der Waals surface area contributed by atoms with Crippen LogP contribution in [-0.2, 0) is 9.53 Å². The molecule has 0 bridgehead atoms. The number of hydrogen-bond donors (Lipinski definition) is 0. The minimum Gasteiger partial charge on any atom is -0.466 e. The molecule has 0 aromatic rings. The number of fused-ring (bicyclic) bond motifs is 1. The van der Waals surface area contributed by atoms with E-state index >= 15 is 0 Å². The second kappa shape index (κ2) is 5.51. The average Bonchev–Trinajstić information content (AvgIpc) is 2.71. The summed E-state index contributed by atoms with van der Waals surface area (Å²) in [4.78, 5) is 16.9. The summed E-state index contributed by atoms with van der Waals surface area (Å²) in [5.74, 6) is -0.0149. The van der Waals surface area contributed by atoms with Gasteiger partial charge in [-0.3, -0.25) is 4.79 Å². The van der Waals surface area contributed by atoms with Crippen molar-refractivity contribution in [3.05, 3.63) is 0 Å². The van der Waals surface area contributed by atoms with Gasteiger partial charge in [0.05, 0.1) is 12.0 Å². The van der Waals surface area contributed by atoms with E-state index in [4.69, 9.17) is 17.0 Å². The number of thiocarbonyl (C=S) groups is 1. The zero-order valence-electron chi connectivity index (χ0n) is 12.3. The van der Waals surface area contributed by atoms with Gasteiger partial charge in [0.15, 0.2) is 5.11 Å². The van der Waals surface area contributed by atoms with Crippen molar-refractivity contribution in [3.63, 3.8) is 0 Å². The molecule has 1 atom stereocenters. The van der Waals surface area contributed by atoms with Crippen LogP contribution in [-0.4, -0.2) is 53.2 Å². The summed E-state index contributed by atoms with van der Waals surface area (Å²) < 4.78 is 5.29. The van der Waals surface area contributed by atoms with E-state index in [-0.39, 0.29) is 11.4 Å². The third-order valence-corrected chi connectivity index (χ3v) is 5.58. The van der Waals surface area contributed by atoms with Crippen molar-refractivity contribution in [1.82, 2.24) is 9.80 Å². The second-order valence-corrected chi connectivity index (χ2v) is 6.73. The van der Waals surface area contributed by atoms with E-state index in [0.29, 0.717) is 12.6 Å². The quantitative estimate of drug-likeness (QED) is 0.586. The number of nitrogens with zero attached hydrogens (tertiary/aromatic N) is 2. The van der Waals surface area contributed by atoms with E-state index in [0.717, 1.165) is 44.0 Å². The molecule has 20 heavy (non-hydrogen) atoms. The summed E-state index contributed by atoms with van der Waals surface area (Å²) >= 11 is 5.63. The van der Waals surface area contributed by atoms with Crippen molar-refractivity contribution >= 4 is 23.3 Å². The first-order valence-corrected chi connectivity index (χ1v) is 8.30. The minimum atomic E-state index is -0.283. The van der Waals surface area contributed by atoms with Crippen molar-refractivity contribution in [2.45, 2.75) is 51.5 Å². The van der Waals surface area contributed by atoms with Gasteiger partial charge < -0.3 is 14.5 Å². The van der Waals surface area contributed by atoms with E-state index in [1.54, 1.807) is 0 Å². The number of rotatable bonds is 4. The Bertz CT molecular complexity index is 409. The summed E-state index contributed by atoms with van der Waals surface area (Å²) in [6.45, 7) is 5.20. The summed E-state index contributed by atoms with van der Waals surface area (Å²) in [5, 5.41) is 0.963. The van der Waals surface area contributed by atoms with Crippen LogP contribution < -0.4 is 0 Å². The van der Waals surface area contributed by atoms with Gasteiger partial charge in [0.1, 0.15) is 0 Å². The summed E-state index contributed by atoms with van der Waals surface area (Å²) in [5.41, 5.74) is -0.283. The normalized spacial score (nSPS) is 28.1. The molecule has 1 unspecified atom stereocenters. The van der Waals surface area contributed by atoms with Gasteiger partial charge in [-0.05, 0) is 51.2 Å². The first-order chi connectivity index (χ1) is 9.66. The highest BCUT2D eigenvalue weighted by molar-refractivity contribution is 7.80. The van der Waals surface area contributed by atoms with Gasteiger partial charge in [-0.1, -0.05) is 6.42 Å². The highest BCUT2D eigenvalue weighted by Crippen LogP contribution is 2.44. The molecule has 2 aliphatic heterocycles. The molecule has 0 aromatic heterocycles. The molecule has 0 aromatic carbocycles. The third-order valence-electron chi connectivity index (χ3n) is 5.09. The van der Waals surface area contributed by atoms with E-state index in [1.807, 2.05) is 6.92 Å². The topological polar surface area (TPSA) is 32.8 Å². The molecule has 2 saturated heterocycles. The Labute approximate surface area is 126 Å². The molecule has 3 aliphatic rings. The van der Waals surface area contributed by atoms with Crippen molar-refractivity contribution in [2.75, 3.05) is 26.2 Å². The molecule has 3 rings (SSSR count). The predicted octanol–water partition coefficient (Wildman–Crippen LogP) is 2.17. The molecule has 1 aliphatic carbocycles. The van der Waals surface area contributed by atoms with Gasteiger partial charge in [0, 0.05) is 25.7 Å². The smallest absolute Gasteiger partial charge is 0.313 e. The first-order valence-electron chi connectivity index (χ1n) is 7.89. The average molecular weight is 296 g/mol. The van der Waals surface area contributed by atoms with Crippen LogP contribution in [0, 0.1) is 5.41 Å². The Hall–Kier alpha value is -0.840. The molecule has 5 heteroatoms. The van der Waals surface area contributed by atoms with Crippen molar-refractivity contribution in [3.8, 4) is 0 Å². The van der Waals surface area contributed by atoms with Gasteiger partial charge in [-0.15, -0.1) is 0 Å². The number of hydrogen-bond acceptors (Lipinski definition) is 3. The number of ether oxygens (including phenoxy) is 1. The van der Waals surface area contributed by atoms with Crippen molar-refractivity contribution < 1.29 is 9.53 Å². The van der Waals surface area contributed by atoms with E-state index in [2.05, 4.69) is 9.80 Å².